The minimum Gasteiger partial charge on any atom is -0.473 e. The van der Waals surface area contributed by atoms with E-state index in [1.807, 2.05) is 91.0 Å². The van der Waals surface area contributed by atoms with Crippen LogP contribution in [0.5, 0.6) is 5.75 Å². The smallest absolute Gasteiger partial charge is 0.280 e. The van der Waals surface area contributed by atoms with Crippen molar-refractivity contribution in [3.63, 3.8) is 0 Å². The number of carbonyl (C=O) groups excluding carboxylic acids is 1. The summed E-state index contributed by atoms with van der Waals surface area (Å²) in [5.41, 5.74) is 0.384. The molecule has 0 aromatic heterocycles. The first kappa shape index (κ1) is 17.3. The van der Waals surface area contributed by atoms with Crippen LogP contribution in [-0.4, -0.2) is 5.91 Å². The molecule has 3 aromatic rings. The molecule has 1 N–H and O–H groups in total. The SMILES string of the molecule is CC(Oc1ccccc1)(C(=O)NC#Cc1ccccc1)c1ccccc1. The molecule has 0 aliphatic heterocycles. The van der Waals surface area contributed by atoms with Crippen LogP contribution in [0.3, 0.4) is 0 Å². The molecule has 26 heavy (non-hydrogen) atoms. The maximum Gasteiger partial charge on any atom is 0.280 e. The zero-order valence-electron chi connectivity index (χ0n) is 14.5. The Morgan fingerprint density at radius 1 is 0.846 bits per heavy atom. The minimum atomic E-state index is -1.20. The molecule has 0 bridgehead atoms. The second-order valence-electron chi connectivity index (χ2n) is 5.88. The van der Waals surface area contributed by atoms with Crippen LogP contribution in [0.4, 0.5) is 0 Å². The molecule has 0 heterocycles. The molecular weight excluding hydrogens is 322 g/mol. The number of para-hydroxylation sites is 1. The molecule has 3 heteroatoms. The fraction of sp³-hybridized carbons (Fsp3) is 0.0870. The van der Waals surface area contributed by atoms with E-state index in [-0.39, 0.29) is 5.91 Å². The fourth-order valence-corrected chi connectivity index (χ4v) is 2.52. The Morgan fingerprint density at radius 2 is 1.38 bits per heavy atom. The van der Waals surface area contributed by atoms with E-state index < -0.39 is 5.60 Å². The van der Waals surface area contributed by atoms with Crippen molar-refractivity contribution in [2.45, 2.75) is 12.5 Å². The standard InChI is InChI=1S/C23H19NO2/c1-23(20-13-7-3-8-14-20,26-21-15-9-4-10-16-21)22(25)24-18-17-19-11-5-2-6-12-19/h2-16H,1H3,(H,24,25). The number of amides is 1. The molecule has 128 valence electrons. The van der Waals surface area contributed by atoms with Crippen LogP contribution < -0.4 is 10.1 Å². The van der Waals surface area contributed by atoms with Crippen LogP contribution in [0, 0.1) is 12.0 Å². The summed E-state index contributed by atoms with van der Waals surface area (Å²) in [4.78, 5) is 12.9. The molecule has 0 aliphatic carbocycles. The Hall–Kier alpha value is -3.51. The van der Waals surface area contributed by atoms with Crippen molar-refractivity contribution < 1.29 is 9.53 Å². The molecular formula is C23H19NO2. The average Bonchev–Trinajstić information content (AvgIpc) is 2.70. The van der Waals surface area contributed by atoms with Crippen LogP contribution in [0.15, 0.2) is 91.0 Å². The molecule has 1 amide bonds. The second kappa shape index (κ2) is 8.04. The fourth-order valence-electron chi connectivity index (χ4n) is 2.52. The maximum atomic E-state index is 12.9. The summed E-state index contributed by atoms with van der Waals surface area (Å²) in [7, 11) is 0. The quantitative estimate of drug-likeness (QED) is 0.573. The maximum absolute atomic E-state index is 12.9. The highest BCUT2D eigenvalue weighted by Crippen LogP contribution is 2.28. The van der Waals surface area contributed by atoms with Gasteiger partial charge in [0.2, 0.25) is 5.60 Å². The molecule has 1 atom stereocenters. The number of hydrogen-bond donors (Lipinski definition) is 1. The third-order valence-corrected chi connectivity index (χ3v) is 3.98. The summed E-state index contributed by atoms with van der Waals surface area (Å²) in [6.45, 7) is 1.74. The van der Waals surface area contributed by atoms with Gasteiger partial charge in [0.25, 0.3) is 5.91 Å². The Balaban J connectivity index is 1.86. The van der Waals surface area contributed by atoms with Gasteiger partial charge in [0.05, 0.1) is 0 Å². The van der Waals surface area contributed by atoms with Gasteiger partial charge < -0.3 is 4.74 Å². The van der Waals surface area contributed by atoms with Crippen molar-refractivity contribution in [2.75, 3.05) is 0 Å². The Kier molecular flexibility index (Phi) is 5.36. The van der Waals surface area contributed by atoms with E-state index in [9.17, 15) is 4.79 Å². The summed E-state index contributed by atoms with van der Waals surface area (Å²) < 4.78 is 6.07. The van der Waals surface area contributed by atoms with Crippen molar-refractivity contribution in [3.8, 4) is 17.7 Å². The van der Waals surface area contributed by atoms with E-state index in [0.717, 1.165) is 11.1 Å². The molecule has 3 aromatic carbocycles. The highest BCUT2D eigenvalue weighted by molar-refractivity contribution is 5.88. The van der Waals surface area contributed by atoms with E-state index in [2.05, 4.69) is 17.3 Å². The first-order valence-electron chi connectivity index (χ1n) is 8.34. The Labute approximate surface area is 153 Å². The minimum absolute atomic E-state index is 0.323. The summed E-state index contributed by atoms with van der Waals surface area (Å²) >= 11 is 0. The molecule has 0 saturated carbocycles. The molecule has 0 saturated heterocycles. The molecule has 3 nitrogen and oxygen atoms in total. The van der Waals surface area contributed by atoms with Crippen LogP contribution in [0.1, 0.15) is 18.1 Å². The van der Waals surface area contributed by atoms with Gasteiger partial charge in [-0.05, 0) is 37.1 Å². The van der Waals surface area contributed by atoms with Gasteiger partial charge in [-0.15, -0.1) is 0 Å². The summed E-state index contributed by atoms with van der Waals surface area (Å²) in [5, 5.41) is 2.67. The van der Waals surface area contributed by atoms with Crippen molar-refractivity contribution in [3.05, 3.63) is 102 Å². The van der Waals surface area contributed by atoms with E-state index >= 15 is 0 Å². The van der Waals surface area contributed by atoms with Crippen molar-refractivity contribution in [2.24, 2.45) is 0 Å². The van der Waals surface area contributed by atoms with Crippen LogP contribution in [0.2, 0.25) is 0 Å². The number of benzene rings is 3. The third-order valence-electron chi connectivity index (χ3n) is 3.98. The lowest BCUT2D eigenvalue weighted by molar-refractivity contribution is -0.135. The third kappa shape index (κ3) is 4.12. The van der Waals surface area contributed by atoms with Crippen LogP contribution in [0.25, 0.3) is 0 Å². The molecule has 0 aliphatic rings. The number of carbonyl (C=O) groups is 1. The average molecular weight is 341 g/mol. The van der Waals surface area contributed by atoms with E-state index in [4.69, 9.17) is 4.74 Å². The molecule has 1 unspecified atom stereocenters. The monoisotopic (exact) mass is 341 g/mol. The van der Waals surface area contributed by atoms with Gasteiger partial charge in [0.15, 0.2) is 0 Å². The number of ether oxygens (including phenoxy) is 1. The lowest BCUT2D eigenvalue weighted by Gasteiger charge is -2.29. The first-order valence-corrected chi connectivity index (χ1v) is 8.34. The lowest BCUT2D eigenvalue weighted by atomic mass is 9.94. The lowest BCUT2D eigenvalue weighted by Crippen LogP contribution is -2.45. The van der Waals surface area contributed by atoms with Crippen LogP contribution >= 0.6 is 0 Å². The zero-order chi connectivity index (χ0) is 18.2. The Morgan fingerprint density at radius 3 is 2.00 bits per heavy atom. The Bertz CT molecular complexity index is 912. The molecule has 3 rings (SSSR count). The largest absolute Gasteiger partial charge is 0.473 e. The second-order valence-corrected chi connectivity index (χ2v) is 5.88. The summed E-state index contributed by atoms with van der Waals surface area (Å²) in [5.74, 6) is 3.22. The zero-order valence-corrected chi connectivity index (χ0v) is 14.5. The number of hydrogen-bond acceptors (Lipinski definition) is 2. The predicted molar refractivity (Wildman–Crippen MR) is 102 cm³/mol. The summed E-state index contributed by atoms with van der Waals surface area (Å²) in [6, 6.07) is 30.9. The van der Waals surface area contributed by atoms with Crippen molar-refractivity contribution in [1.82, 2.24) is 5.32 Å². The van der Waals surface area contributed by atoms with Gasteiger partial charge in [-0.1, -0.05) is 66.7 Å². The normalized spacial score (nSPS) is 12.2. The first-order chi connectivity index (χ1) is 12.7. The van der Waals surface area contributed by atoms with Gasteiger partial charge >= 0.3 is 0 Å². The highest BCUT2D eigenvalue weighted by Gasteiger charge is 2.37. The number of nitrogens with one attached hydrogen (secondary N) is 1. The predicted octanol–water partition coefficient (Wildman–Crippen LogP) is 4.11. The van der Waals surface area contributed by atoms with Gasteiger partial charge in [-0.3, -0.25) is 10.1 Å². The molecule has 0 spiro atoms. The summed E-state index contributed by atoms with van der Waals surface area (Å²) in [6.07, 6.45) is 0. The van der Waals surface area contributed by atoms with Gasteiger partial charge in [0, 0.05) is 17.2 Å². The number of rotatable bonds is 4. The van der Waals surface area contributed by atoms with E-state index in [1.165, 1.54) is 0 Å². The van der Waals surface area contributed by atoms with Gasteiger partial charge in [-0.25, -0.2) is 0 Å². The van der Waals surface area contributed by atoms with Gasteiger partial charge in [0.1, 0.15) is 5.75 Å². The van der Waals surface area contributed by atoms with Crippen LogP contribution in [-0.2, 0) is 10.4 Å². The van der Waals surface area contributed by atoms with E-state index in [0.29, 0.717) is 5.75 Å². The van der Waals surface area contributed by atoms with E-state index in [1.54, 1.807) is 6.92 Å². The highest BCUT2D eigenvalue weighted by atomic mass is 16.5. The molecule has 0 radical (unpaired) electrons. The van der Waals surface area contributed by atoms with Gasteiger partial charge in [-0.2, -0.15) is 0 Å². The van der Waals surface area contributed by atoms with Crippen molar-refractivity contribution >= 4 is 5.91 Å². The topological polar surface area (TPSA) is 38.3 Å². The van der Waals surface area contributed by atoms with Crippen molar-refractivity contribution in [1.29, 1.82) is 0 Å². The molecule has 0 fully saturated rings.